The number of hydrogen-bond acceptors (Lipinski definition) is 3. The van der Waals surface area contributed by atoms with Crippen LogP contribution in [0, 0.1) is 23.2 Å². The van der Waals surface area contributed by atoms with E-state index in [0.717, 1.165) is 19.3 Å². The summed E-state index contributed by atoms with van der Waals surface area (Å²) in [5.41, 5.74) is -0.390. The molecule has 134 valence electrons. The third kappa shape index (κ3) is 2.62. The lowest BCUT2D eigenvalue weighted by Gasteiger charge is -2.42. The van der Waals surface area contributed by atoms with Crippen LogP contribution < -0.4 is 0 Å². The Labute approximate surface area is 147 Å². The molecular formula is C20H32O3Si. The van der Waals surface area contributed by atoms with Crippen molar-refractivity contribution in [3.63, 3.8) is 0 Å². The summed E-state index contributed by atoms with van der Waals surface area (Å²) >= 11 is 0. The Balaban J connectivity index is 1.94. The zero-order valence-corrected chi connectivity index (χ0v) is 16.8. The first-order chi connectivity index (χ1) is 11.1. The van der Waals surface area contributed by atoms with Gasteiger partial charge in [-0.25, -0.2) is 0 Å². The monoisotopic (exact) mass is 348 g/mol. The van der Waals surface area contributed by atoms with Gasteiger partial charge in [-0.3, -0.25) is 4.79 Å². The SMILES string of the molecule is C=C[C@H]1C[C@H]2C=CCC(O[Si](C)(C)C(C)(C)C)[C@@H]3COC(=O)[C@]23C1. The summed E-state index contributed by atoms with van der Waals surface area (Å²) in [5.74, 6) is 0.842. The van der Waals surface area contributed by atoms with Crippen molar-refractivity contribution in [1.29, 1.82) is 0 Å². The van der Waals surface area contributed by atoms with Crippen LogP contribution in [0.25, 0.3) is 0 Å². The largest absolute Gasteiger partial charge is 0.465 e. The molecule has 0 aromatic carbocycles. The standard InChI is InChI=1S/C20H32O3Si/c1-7-14-11-15-9-8-10-17(23-24(5,6)19(2,3)4)16-13-22-18(21)20(15,16)12-14/h7-9,14-17H,1,10-13H2,2-6H3/t14-,15+,16-,17?,20+/m0/s1. The number of carbonyl (C=O) groups is 1. The first-order valence-corrected chi connectivity index (χ1v) is 12.2. The molecule has 0 N–H and O–H groups in total. The Hall–Kier alpha value is -0.873. The maximum Gasteiger partial charge on any atom is 0.313 e. The number of esters is 1. The van der Waals surface area contributed by atoms with Gasteiger partial charge in [0.25, 0.3) is 0 Å². The number of allylic oxidation sites excluding steroid dienone is 2. The molecule has 4 heteroatoms. The van der Waals surface area contributed by atoms with Crippen LogP contribution in [-0.2, 0) is 14.0 Å². The molecule has 3 nitrogen and oxygen atoms in total. The Morgan fingerprint density at radius 2 is 2.12 bits per heavy atom. The molecule has 5 atom stereocenters. The van der Waals surface area contributed by atoms with Gasteiger partial charge in [0, 0.05) is 5.92 Å². The van der Waals surface area contributed by atoms with Gasteiger partial charge in [-0.1, -0.05) is 39.0 Å². The summed E-state index contributed by atoms with van der Waals surface area (Å²) in [4.78, 5) is 12.8. The molecule has 1 unspecified atom stereocenters. The normalized spacial score (nSPS) is 39.1. The summed E-state index contributed by atoms with van der Waals surface area (Å²) in [6.07, 6.45) is 9.39. The van der Waals surface area contributed by atoms with E-state index >= 15 is 0 Å². The molecule has 0 amide bonds. The van der Waals surface area contributed by atoms with E-state index in [9.17, 15) is 4.79 Å². The van der Waals surface area contributed by atoms with Crippen LogP contribution in [0.3, 0.4) is 0 Å². The molecule has 0 aromatic heterocycles. The van der Waals surface area contributed by atoms with Gasteiger partial charge >= 0.3 is 5.97 Å². The average molecular weight is 349 g/mol. The number of hydrogen-bond donors (Lipinski definition) is 0. The van der Waals surface area contributed by atoms with Gasteiger partial charge in [0.1, 0.15) is 0 Å². The van der Waals surface area contributed by atoms with Crippen molar-refractivity contribution in [3.05, 3.63) is 24.8 Å². The Morgan fingerprint density at radius 3 is 2.75 bits per heavy atom. The molecule has 0 bridgehead atoms. The molecule has 1 spiro atoms. The van der Waals surface area contributed by atoms with Crippen molar-refractivity contribution in [2.24, 2.45) is 23.2 Å². The number of rotatable bonds is 3. The first-order valence-electron chi connectivity index (χ1n) is 9.26. The van der Waals surface area contributed by atoms with Crippen LogP contribution >= 0.6 is 0 Å². The zero-order chi connectivity index (χ0) is 17.8. The number of ether oxygens (including phenoxy) is 1. The fourth-order valence-corrected chi connectivity index (χ4v) is 5.93. The lowest BCUT2D eigenvalue weighted by molar-refractivity contribution is -0.148. The topological polar surface area (TPSA) is 35.5 Å². The van der Waals surface area contributed by atoms with E-state index in [0.29, 0.717) is 12.5 Å². The van der Waals surface area contributed by atoms with Crippen LogP contribution in [-0.4, -0.2) is 27.0 Å². The van der Waals surface area contributed by atoms with E-state index in [-0.39, 0.29) is 34.4 Å². The van der Waals surface area contributed by atoms with Crippen LogP contribution in [0.2, 0.25) is 18.1 Å². The minimum atomic E-state index is -1.89. The zero-order valence-electron chi connectivity index (χ0n) is 15.8. The maximum atomic E-state index is 12.8. The lowest BCUT2D eigenvalue weighted by atomic mass is 9.68. The third-order valence-electron chi connectivity index (χ3n) is 7.03. The van der Waals surface area contributed by atoms with Crippen LogP contribution in [0.4, 0.5) is 0 Å². The second-order valence-corrected chi connectivity index (χ2v) is 14.1. The second-order valence-electron chi connectivity index (χ2n) is 9.37. The molecule has 0 aromatic rings. The highest BCUT2D eigenvalue weighted by molar-refractivity contribution is 6.74. The van der Waals surface area contributed by atoms with Gasteiger partial charge in [0.05, 0.1) is 18.1 Å². The van der Waals surface area contributed by atoms with Crippen molar-refractivity contribution in [2.75, 3.05) is 6.61 Å². The highest BCUT2D eigenvalue weighted by Crippen LogP contribution is 2.59. The Bertz CT molecular complexity index is 560. The van der Waals surface area contributed by atoms with Gasteiger partial charge in [-0.15, -0.1) is 6.58 Å². The predicted molar refractivity (Wildman–Crippen MR) is 99.1 cm³/mol. The van der Waals surface area contributed by atoms with E-state index in [1.165, 1.54) is 0 Å². The molecule has 1 saturated carbocycles. The molecule has 1 heterocycles. The molecule has 3 aliphatic rings. The minimum Gasteiger partial charge on any atom is -0.465 e. The quantitative estimate of drug-likeness (QED) is 0.421. The van der Waals surface area contributed by atoms with E-state index in [2.05, 4.69) is 52.6 Å². The van der Waals surface area contributed by atoms with Gasteiger partial charge < -0.3 is 9.16 Å². The Morgan fingerprint density at radius 1 is 1.42 bits per heavy atom. The van der Waals surface area contributed by atoms with Crippen molar-refractivity contribution < 1.29 is 14.0 Å². The van der Waals surface area contributed by atoms with Gasteiger partial charge in [-0.05, 0) is 49.2 Å². The highest BCUT2D eigenvalue weighted by Gasteiger charge is 2.63. The van der Waals surface area contributed by atoms with E-state index in [1.807, 2.05) is 6.08 Å². The van der Waals surface area contributed by atoms with Gasteiger partial charge in [0.15, 0.2) is 8.32 Å². The van der Waals surface area contributed by atoms with Gasteiger partial charge in [-0.2, -0.15) is 0 Å². The van der Waals surface area contributed by atoms with Crippen molar-refractivity contribution in [2.45, 2.75) is 64.3 Å². The summed E-state index contributed by atoms with van der Waals surface area (Å²) in [5, 5.41) is 0.165. The highest BCUT2D eigenvalue weighted by atomic mass is 28.4. The van der Waals surface area contributed by atoms with E-state index in [4.69, 9.17) is 9.16 Å². The smallest absolute Gasteiger partial charge is 0.313 e. The molecule has 2 fully saturated rings. The van der Waals surface area contributed by atoms with Crippen LogP contribution in [0.1, 0.15) is 40.0 Å². The van der Waals surface area contributed by atoms with E-state index < -0.39 is 8.32 Å². The maximum absolute atomic E-state index is 12.8. The van der Waals surface area contributed by atoms with Crippen molar-refractivity contribution >= 4 is 14.3 Å². The molecule has 24 heavy (non-hydrogen) atoms. The van der Waals surface area contributed by atoms with Crippen LogP contribution in [0.5, 0.6) is 0 Å². The fourth-order valence-electron chi connectivity index (χ4n) is 4.56. The van der Waals surface area contributed by atoms with Crippen molar-refractivity contribution in [3.8, 4) is 0 Å². The average Bonchev–Trinajstić information content (AvgIpc) is 2.96. The fraction of sp³-hybridized carbons (Fsp3) is 0.750. The molecule has 2 aliphatic carbocycles. The minimum absolute atomic E-state index is 0.00256. The predicted octanol–water partition coefficient (Wildman–Crippen LogP) is 4.71. The molecule has 0 radical (unpaired) electrons. The molecule has 1 saturated heterocycles. The summed E-state index contributed by atoms with van der Waals surface area (Å²) in [6.45, 7) is 15.9. The van der Waals surface area contributed by atoms with E-state index in [1.54, 1.807) is 0 Å². The summed E-state index contributed by atoms with van der Waals surface area (Å²) < 4.78 is 12.4. The molecule has 3 rings (SSSR count). The Kier molecular flexibility index (Phi) is 4.36. The second kappa shape index (κ2) is 5.84. The van der Waals surface area contributed by atoms with Crippen LogP contribution in [0.15, 0.2) is 24.8 Å². The summed E-state index contributed by atoms with van der Waals surface area (Å²) in [7, 11) is -1.89. The first kappa shape index (κ1) is 17.9. The number of carbonyl (C=O) groups excluding carboxylic acids is 1. The van der Waals surface area contributed by atoms with Crippen molar-refractivity contribution in [1.82, 2.24) is 0 Å². The number of cyclic esters (lactones) is 1. The third-order valence-corrected chi connectivity index (χ3v) is 11.5. The molecule has 1 aliphatic heterocycles. The lowest BCUT2D eigenvalue weighted by Crippen LogP contribution is -2.49. The molecular weight excluding hydrogens is 316 g/mol. The summed E-state index contributed by atoms with van der Waals surface area (Å²) in [6, 6.07) is 0. The van der Waals surface area contributed by atoms with Gasteiger partial charge in [0.2, 0.25) is 0 Å².